The fourth-order valence-corrected chi connectivity index (χ4v) is 8.31. The van der Waals surface area contributed by atoms with E-state index < -0.39 is 17.5 Å². The van der Waals surface area contributed by atoms with Crippen molar-refractivity contribution < 1.29 is 23.7 Å². The third kappa shape index (κ3) is 4.40. The quantitative estimate of drug-likeness (QED) is 0.307. The van der Waals surface area contributed by atoms with E-state index in [2.05, 4.69) is 19.8 Å². The van der Waals surface area contributed by atoms with Crippen molar-refractivity contribution >= 4 is 39.1 Å². The minimum Gasteiger partial charge on any atom is -0.506 e. The molecular weight excluding hydrogens is 576 g/mol. The number of hydrogen-bond donors (Lipinski definition) is 2. The van der Waals surface area contributed by atoms with Gasteiger partial charge < -0.3 is 19.8 Å². The SMILES string of the molecule is Oc1cc(-c2ncc3c(N4CC5CC(O)C(C5)C4)nc(OC[C@@]45CCCN4C[C@H](F)C5)nc3c2F)c2ccccc2c1Cl. The van der Waals surface area contributed by atoms with Gasteiger partial charge in [-0.05, 0) is 49.6 Å². The molecule has 0 spiro atoms. The van der Waals surface area contributed by atoms with E-state index in [0.717, 1.165) is 32.2 Å². The van der Waals surface area contributed by atoms with Crippen LogP contribution in [-0.4, -0.2) is 80.7 Å². The van der Waals surface area contributed by atoms with Crippen LogP contribution in [0.4, 0.5) is 14.6 Å². The molecule has 2 aromatic heterocycles. The maximum atomic E-state index is 16.6. The number of phenols is 1. The van der Waals surface area contributed by atoms with Gasteiger partial charge >= 0.3 is 6.01 Å². The molecule has 3 unspecified atom stereocenters. The predicted molar refractivity (Wildman–Crippen MR) is 160 cm³/mol. The van der Waals surface area contributed by atoms with Crippen LogP contribution in [0, 0.1) is 17.7 Å². The van der Waals surface area contributed by atoms with Crippen molar-refractivity contribution in [3.8, 4) is 23.0 Å². The molecule has 3 aliphatic heterocycles. The summed E-state index contributed by atoms with van der Waals surface area (Å²) in [6.07, 6.45) is 4.20. The zero-order valence-electron chi connectivity index (χ0n) is 23.5. The molecule has 5 heterocycles. The molecule has 1 saturated carbocycles. The van der Waals surface area contributed by atoms with Crippen LogP contribution in [0.25, 0.3) is 32.9 Å². The van der Waals surface area contributed by atoms with Gasteiger partial charge in [-0.2, -0.15) is 9.97 Å². The molecule has 1 aliphatic carbocycles. The Morgan fingerprint density at radius 1 is 1.09 bits per heavy atom. The Morgan fingerprint density at radius 2 is 1.93 bits per heavy atom. The number of aromatic nitrogens is 3. The van der Waals surface area contributed by atoms with Crippen LogP contribution in [0.15, 0.2) is 36.5 Å². The summed E-state index contributed by atoms with van der Waals surface area (Å²) >= 11 is 6.37. The van der Waals surface area contributed by atoms with Crippen molar-refractivity contribution in [2.24, 2.45) is 11.8 Å². The van der Waals surface area contributed by atoms with E-state index in [0.29, 0.717) is 59.5 Å². The second-order valence-corrected chi connectivity index (χ2v) is 13.1. The molecular formula is C32H32ClF2N5O3. The van der Waals surface area contributed by atoms with Crippen LogP contribution < -0.4 is 9.64 Å². The summed E-state index contributed by atoms with van der Waals surface area (Å²) in [5.41, 5.74) is 0.0576. The van der Waals surface area contributed by atoms with Gasteiger partial charge in [-0.1, -0.05) is 35.9 Å². The molecule has 0 radical (unpaired) electrons. The lowest BCUT2D eigenvalue weighted by molar-refractivity contribution is 0.107. The van der Waals surface area contributed by atoms with Crippen molar-refractivity contribution in [1.29, 1.82) is 0 Å². The number of phenolic OH excluding ortho intramolecular Hbond substituents is 1. The Hall–Kier alpha value is -3.34. The van der Waals surface area contributed by atoms with Gasteiger partial charge in [0, 0.05) is 49.1 Å². The number of fused-ring (bicyclic) bond motifs is 5. The number of anilines is 1. The zero-order chi connectivity index (χ0) is 29.5. The van der Waals surface area contributed by atoms with E-state index >= 15 is 4.39 Å². The lowest BCUT2D eigenvalue weighted by Gasteiger charge is -2.34. The highest BCUT2D eigenvalue weighted by Crippen LogP contribution is 2.44. The molecule has 8 rings (SSSR count). The van der Waals surface area contributed by atoms with Crippen LogP contribution in [0.1, 0.15) is 32.1 Å². The van der Waals surface area contributed by atoms with Crippen molar-refractivity contribution in [2.75, 3.05) is 37.7 Å². The maximum absolute atomic E-state index is 16.6. The lowest BCUT2D eigenvalue weighted by atomic mass is 9.95. The van der Waals surface area contributed by atoms with Gasteiger partial charge in [0.25, 0.3) is 0 Å². The zero-order valence-corrected chi connectivity index (χ0v) is 24.3. The Labute approximate surface area is 252 Å². The van der Waals surface area contributed by atoms with Gasteiger partial charge in [-0.25, -0.2) is 8.78 Å². The smallest absolute Gasteiger partial charge is 0.319 e. The summed E-state index contributed by atoms with van der Waals surface area (Å²) in [4.78, 5) is 18.1. The first-order valence-corrected chi connectivity index (χ1v) is 15.4. The molecule has 4 aliphatic rings. The number of alkyl halides is 1. The molecule has 2 N–H and O–H groups in total. The third-order valence-electron chi connectivity index (χ3n) is 10.1. The average Bonchev–Trinajstić information content (AvgIpc) is 3.62. The Kier molecular flexibility index (Phi) is 6.40. The summed E-state index contributed by atoms with van der Waals surface area (Å²) in [6, 6.07) is 8.65. The summed E-state index contributed by atoms with van der Waals surface area (Å²) in [5, 5.41) is 23.0. The normalized spacial score (nSPS) is 28.7. The van der Waals surface area contributed by atoms with E-state index in [1.807, 2.05) is 12.1 Å². The Bertz CT molecular complexity index is 1760. The second kappa shape index (κ2) is 10.1. The highest BCUT2D eigenvalue weighted by molar-refractivity contribution is 6.37. The largest absolute Gasteiger partial charge is 0.506 e. The number of benzene rings is 2. The minimum atomic E-state index is -0.899. The van der Waals surface area contributed by atoms with Gasteiger partial charge in [0.1, 0.15) is 35.6 Å². The van der Waals surface area contributed by atoms with Crippen LogP contribution in [-0.2, 0) is 0 Å². The number of aromatic hydroxyl groups is 1. The number of piperidine rings is 1. The van der Waals surface area contributed by atoms with Crippen molar-refractivity contribution in [2.45, 2.75) is 49.9 Å². The fourth-order valence-electron chi connectivity index (χ4n) is 8.09. The number of rotatable bonds is 5. The van der Waals surface area contributed by atoms with Crippen LogP contribution in [0.5, 0.6) is 11.8 Å². The molecule has 11 heteroatoms. The van der Waals surface area contributed by atoms with Gasteiger partial charge in [0.15, 0.2) is 5.82 Å². The Morgan fingerprint density at radius 3 is 2.77 bits per heavy atom. The van der Waals surface area contributed by atoms with Gasteiger partial charge in [0.05, 0.1) is 22.1 Å². The Balaban J connectivity index is 1.25. The third-order valence-corrected chi connectivity index (χ3v) is 10.5. The summed E-state index contributed by atoms with van der Waals surface area (Å²) < 4.78 is 37.3. The standard InChI is InChI=1S/C32H32ClF2N5O3/c33-26-21-5-2-1-4-20(21)22(10-25(26)42)28-27(35)29-23(12-36-28)30(39-13-17-8-18(14-39)24(41)9-17)38-31(37-29)43-16-32-6-3-7-40(32)15-19(34)11-32/h1-2,4-5,10,12,17-19,24,41-42H,3,6-9,11,13-16H2/t17?,18?,19-,24?,32+/m1/s1. The van der Waals surface area contributed by atoms with Gasteiger partial charge in [-0.15, -0.1) is 0 Å². The molecule has 0 amide bonds. The fraction of sp³-hybridized carbons (Fsp3) is 0.469. The summed E-state index contributed by atoms with van der Waals surface area (Å²) in [5.74, 6) is 0.105. The molecule has 2 aromatic carbocycles. The van der Waals surface area contributed by atoms with Crippen molar-refractivity contribution in [1.82, 2.24) is 19.9 Å². The molecule has 43 heavy (non-hydrogen) atoms. The second-order valence-electron chi connectivity index (χ2n) is 12.7. The van der Waals surface area contributed by atoms with Crippen LogP contribution in [0.3, 0.4) is 0 Å². The molecule has 4 fully saturated rings. The number of pyridine rings is 1. The highest BCUT2D eigenvalue weighted by atomic mass is 35.5. The van der Waals surface area contributed by atoms with E-state index in [1.165, 1.54) is 6.07 Å². The topological polar surface area (TPSA) is 94.8 Å². The first-order chi connectivity index (χ1) is 20.8. The van der Waals surface area contributed by atoms with Crippen molar-refractivity contribution in [3.05, 3.63) is 47.4 Å². The molecule has 4 aromatic rings. The number of nitrogens with zero attached hydrogens (tertiary/aromatic N) is 5. The molecule has 5 atom stereocenters. The first-order valence-electron chi connectivity index (χ1n) is 15.0. The molecule has 3 saturated heterocycles. The van der Waals surface area contributed by atoms with Crippen LogP contribution in [0.2, 0.25) is 5.02 Å². The molecule has 2 bridgehead atoms. The average molecular weight is 608 g/mol. The van der Waals surface area contributed by atoms with E-state index in [9.17, 15) is 14.6 Å². The lowest BCUT2D eigenvalue weighted by Crippen LogP contribution is -2.43. The van der Waals surface area contributed by atoms with E-state index in [1.54, 1.807) is 18.3 Å². The first kappa shape index (κ1) is 27.2. The number of ether oxygens (including phenoxy) is 1. The highest BCUT2D eigenvalue weighted by Gasteiger charge is 2.49. The van der Waals surface area contributed by atoms with Gasteiger partial charge in [0.2, 0.25) is 0 Å². The number of aliphatic hydroxyl groups is 1. The monoisotopic (exact) mass is 607 g/mol. The van der Waals surface area contributed by atoms with Gasteiger partial charge in [-0.3, -0.25) is 9.88 Å². The van der Waals surface area contributed by atoms with E-state index in [4.69, 9.17) is 21.3 Å². The minimum absolute atomic E-state index is 0.0250. The number of halogens is 3. The number of aliphatic hydroxyl groups excluding tert-OH is 1. The maximum Gasteiger partial charge on any atom is 0.319 e. The molecule has 8 nitrogen and oxygen atoms in total. The molecule has 224 valence electrons. The summed E-state index contributed by atoms with van der Waals surface area (Å²) in [6.45, 7) is 2.72. The number of hydrogen-bond acceptors (Lipinski definition) is 8. The predicted octanol–water partition coefficient (Wildman–Crippen LogP) is 5.51. The van der Waals surface area contributed by atoms with Crippen molar-refractivity contribution in [3.63, 3.8) is 0 Å². The summed E-state index contributed by atoms with van der Waals surface area (Å²) in [7, 11) is 0. The van der Waals surface area contributed by atoms with Crippen LogP contribution >= 0.6 is 11.6 Å². The van der Waals surface area contributed by atoms with E-state index in [-0.39, 0.29) is 46.6 Å².